The van der Waals surface area contributed by atoms with Crippen molar-refractivity contribution in [1.82, 2.24) is 25.0 Å². The second-order valence-corrected chi connectivity index (χ2v) is 7.08. The molecule has 0 bridgehead atoms. The van der Waals surface area contributed by atoms with E-state index in [0.717, 1.165) is 57.1 Å². The van der Waals surface area contributed by atoms with E-state index in [1.54, 1.807) is 11.7 Å². The molecule has 1 aliphatic heterocycles. The SMILES string of the molecule is CN=C(NCCCn1nc2n(c1=O)CCCC2)NCC(C)c1ccccc1.I. The van der Waals surface area contributed by atoms with Crippen molar-refractivity contribution < 1.29 is 0 Å². The molecule has 3 rings (SSSR count). The Labute approximate surface area is 183 Å². The quantitative estimate of drug-likeness (QED) is 0.266. The van der Waals surface area contributed by atoms with Gasteiger partial charge in [0.05, 0.1) is 0 Å². The number of aryl methyl sites for hydroxylation is 2. The summed E-state index contributed by atoms with van der Waals surface area (Å²) in [5.74, 6) is 2.13. The summed E-state index contributed by atoms with van der Waals surface area (Å²) in [7, 11) is 1.77. The summed E-state index contributed by atoms with van der Waals surface area (Å²) in [4.78, 5) is 16.6. The van der Waals surface area contributed by atoms with E-state index in [9.17, 15) is 4.79 Å². The lowest BCUT2D eigenvalue weighted by atomic mass is 10.0. The van der Waals surface area contributed by atoms with Crippen LogP contribution in [0.3, 0.4) is 0 Å². The minimum absolute atomic E-state index is 0. The van der Waals surface area contributed by atoms with Gasteiger partial charge in [0.15, 0.2) is 5.96 Å². The van der Waals surface area contributed by atoms with Gasteiger partial charge in [-0.25, -0.2) is 9.48 Å². The van der Waals surface area contributed by atoms with Crippen LogP contribution < -0.4 is 16.3 Å². The lowest BCUT2D eigenvalue weighted by Crippen LogP contribution is -2.39. The molecule has 0 amide bonds. The lowest BCUT2D eigenvalue weighted by molar-refractivity contribution is 0.509. The predicted octanol–water partition coefficient (Wildman–Crippen LogP) is 2.36. The Balaban J connectivity index is 0.00000280. The van der Waals surface area contributed by atoms with Gasteiger partial charge >= 0.3 is 5.69 Å². The molecule has 2 aromatic rings. The van der Waals surface area contributed by atoms with Crippen LogP contribution in [0.2, 0.25) is 0 Å². The molecular weight excluding hydrogens is 467 g/mol. The number of rotatable bonds is 7. The number of guanidine groups is 1. The van der Waals surface area contributed by atoms with E-state index >= 15 is 0 Å². The molecule has 154 valence electrons. The highest BCUT2D eigenvalue weighted by atomic mass is 127. The first kappa shape index (κ1) is 22.4. The Morgan fingerprint density at radius 2 is 2.04 bits per heavy atom. The predicted molar refractivity (Wildman–Crippen MR) is 124 cm³/mol. The van der Waals surface area contributed by atoms with Crippen LogP contribution in [0.1, 0.15) is 43.5 Å². The zero-order valence-corrected chi connectivity index (χ0v) is 19.1. The fourth-order valence-electron chi connectivity index (χ4n) is 3.40. The maximum atomic E-state index is 12.3. The first-order chi connectivity index (χ1) is 13.2. The summed E-state index contributed by atoms with van der Waals surface area (Å²) >= 11 is 0. The highest BCUT2D eigenvalue weighted by Gasteiger charge is 2.16. The fraction of sp³-hybridized carbons (Fsp3) is 0.550. The molecule has 1 aromatic heterocycles. The number of benzene rings is 1. The van der Waals surface area contributed by atoms with E-state index in [1.807, 2.05) is 10.6 Å². The minimum atomic E-state index is 0. The van der Waals surface area contributed by atoms with E-state index < -0.39 is 0 Å². The smallest absolute Gasteiger partial charge is 0.345 e. The Kier molecular flexibility index (Phi) is 9.01. The second kappa shape index (κ2) is 11.2. The summed E-state index contributed by atoms with van der Waals surface area (Å²) < 4.78 is 3.43. The van der Waals surface area contributed by atoms with Crippen molar-refractivity contribution in [3.05, 3.63) is 52.2 Å². The van der Waals surface area contributed by atoms with E-state index in [-0.39, 0.29) is 29.7 Å². The third-order valence-electron chi connectivity index (χ3n) is 5.04. The number of hydrogen-bond donors (Lipinski definition) is 2. The molecule has 2 N–H and O–H groups in total. The van der Waals surface area contributed by atoms with Crippen LogP contribution in [-0.4, -0.2) is 40.4 Å². The molecule has 1 unspecified atom stereocenters. The van der Waals surface area contributed by atoms with Crippen molar-refractivity contribution in [1.29, 1.82) is 0 Å². The van der Waals surface area contributed by atoms with Gasteiger partial charge in [0.2, 0.25) is 0 Å². The van der Waals surface area contributed by atoms with Crippen LogP contribution in [-0.2, 0) is 19.5 Å². The first-order valence-corrected chi connectivity index (χ1v) is 9.85. The zero-order chi connectivity index (χ0) is 19.1. The van der Waals surface area contributed by atoms with Crippen LogP contribution in [0, 0.1) is 0 Å². The van der Waals surface area contributed by atoms with Crippen LogP contribution in [0.5, 0.6) is 0 Å². The van der Waals surface area contributed by atoms with Crippen LogP contribution >= 0.6 is 24.0 Å². The molecule has 28 heavy (non-hydrogen) atoms. The topological polar surface area (TPSA) is 76.2 Å². The molecule has 1 aromatic carbocycles. The first-order valence-electron chi connectivity index (χ1n) is 9.85. The third-order valence-corrected chi connectivity index (χ3v) is 5.04. The van der Waals surface area contributed by atoms with E-state index in [4.69, 9.17) is 0 Å². The number of hydrogen-bond acceptors (Lipinski definition) is 3. The molecule has 0 saturated heterocycles. The molecular formula is C20H31IN6O. The normalized spacial score (nSPS) is 14.7. The summed E-state index contributed by atoms with van der Waals surface area (Å²) in [5, 5.41) is 11.2. The van der Waals surface area contributed by atoms with Crippen molar-refractivity contribution in [2.24, 2.45) is 4.99 Å². The van der Waals surface area contributed by atoms with Gasteiger partial charge in [0, 0.05) is 39.6 Å². The van der Waals surface area contributed by atoms with Gasteiger partial charge in [-0.2, -0.15) is 5.10 Å². The zero-order valence-electron chi connectivity index (χ0n) is 16.7. The minimum Gasteiger partial charge on any atom is -0.356 e. The summed E-state index contributed by atoms with van der Waals surface area (Å²) in [6.07, 6.45) is 3.94. The van der Waals surface area contributed by atoms with Crippen molar-refractivity contribution >= 4 is 29.9 Å². The highest BCUT2D eigenvalue weighted by Crippen LogP contribution is 2.12. The third kappa shape index (κ3) is 5.83. The maximum Gasteiger partial charge on any atom is 0.345 e. The number of nitrogens with one attached hydrogen (secondary N) is 2. The van der Waals surface area contributed by atoms with Crippen molar-refractivity contribution in [2.75, 3.05) is 20.1 Å². The van der Waals surface area contributed by atoms with Gasteiger partial charge < -0.3 is 10.6 Å². The molecule has 0 saturated carbocycles. The molecule has 0 radical (unpaired) electrons. The molecule has 7 nitrogen and oxygen atoms in total. The lowest BCUT2D eigenvalue weighted by Gasteiger charge is -2.16. The van der Waals surface area contributed by atoms with Gasteiger partial charge in [-0.1, -0.05) is 37.3 Å². The van der Waals surface area contributed by atoms with E-state index in [2.05, 4.69) is 51.9 Å². The molecule has 1 aliphatic rings. The molecule has 0 spiro atoms. The van der Waals surface area contributed by atoms with Gasteiger partial charge in [-0.05, 0) is 30.7 Å². The van der Waals surface area contributed by atoms with Crippen LogP contribution in [0.4, 0.5) is 0 Å². The van der Waals surface area contributed by atoms with Crippen molar-refractivity contribution in [3.63, 3.8) is 0 Å². The molecule has 1 atom stereocenters. The fourth-order valence-corrected chi connectivity index (χ4v) is 3.40. The number of nitrogens with zero attached hydrogens (tertiary/aromatic N) is 4. The van der Waals surface area contributed by atoms with E-state index in [1.165, 1.54) is 5.56 Å². The number of aliphatic imine (C=N–C) groups is 1. The Bertz CT molecular complexity index is 814. The Hall–Kier alpha value is -1.84. The summed E-state index contributed by atoms with van der Waals surface area (Å²) in [5.41, 5.74) is 1.34. The highest BCUT2D eigenvalue weighted by molar-refractivity contribution is 14.0. The van der Waals surface area contributed by atoms with Gasteiger partial charge in [-0.15, -0.1) is 24.0 Å². The average molecular weight is 498 g/mol. The number of aromatic nitrogens is 3. The van der Waals surface area contributed by atoms with Crippen molar-refractivity contribution in [3.8, 4) is 0 Å². The van der Waals surface area contributed by atoms with E-state index in [0.29, 0.717) is 12.5 Å². The standard InChI is InChI=1S/C20H30N6O.HI/c1-16(17-9-4-3-5-10-17)15-23-19(21-2)22-12-8-14-26-20(27)25-13-7-6-11-18(25)24-26;/h3-5,9-10,16H,6-8,11-15H2,1-2H3,(H2,21,22,23);1H. The molecule has 2 heterocycles. The largest absolute Gasteiger partial charge is 0.356 e. The summed E-state index contributed by atoms with van der Waals surface area (Å²) in [6, 6.07) is 10.4. The molecule has 0 aliphatic carbocycles. The van der Waals surface area contributed by atoms with Gasteiger partial charge in [0.1, 0.15) is 5.82 Å². The van der Waals surface area contributed by atoms with Crippen molar-refractivity contribution in [2.45, 2.75) is 51.6 Å². The second-order valence-electron chi connectivity index (χ2n) is 7.08. The summed E-state index contributed by atoms with van der Waals surface area (Å²) in [6.45, 7) is 5.19. The van der Waals surface area contributed by atoms with Crippen LogP contribution in [0.25, 0.3) is 0 Å². The Morgan fingerprint density at radius 1 is 1.25 bits per heavy atom. The average Bonchev–Trinajstić information content (AvgIpc) is 3.04. The number of halogens is 1. The monoisotopic (exact) mass is 498 g/mol. The molecule has 8 heteroatoms. The van der Waals surface area contributed by atoms with Gasteiger partial charge in [-0.3, -0.25) is 9.56 Å². The molecule has 0 fully saturated rings. The maximum absolute atomic E-state index is 12.3. The van der Waals surface area contributed by atoms with Crippen LogP contribution in [0.15, 0.2) is 40.1 Å². The Morgan fingerprint density at radius 3 is 2.75 bits per heavy atom. The van der Waals surface area contributed by atoms with Gasteiger partial charge in [0.25, 0.3) is 0 Å². The number of fused-ring (bicyclic) bond motifs is 1.